The number of piperazine rings is 1. The highest BCUT2D eigenvalue weighted by Gasteiger charge is 2.18. The number of nitrogens with zero attached hydrogens (tertiary/aromatic N) is 2. The van der Waals surface area contributed by atoms with Crippen molar-refractivity contribution in [1.82, 2.24) is 15.1 Å². The molecule has 140 valence electrons. The van der Waals surface area contributed by atoms with E-state index >= 15 is 0 Å². The Hall–Kier alpha value is -1.93. The van der Waals surface area contributed by atoms with E-state index in [0.29, 0.717) is 19.7 Å². The molecule has 1 aliphatic rings. The Labute approximate surface area is 146 Å². The molecule has 1 aliphatic heterocycles. The van der Waals surface area contributed by atoms with Crippen LogP contribution in [0.1, 0.15) is 12.5 Å². The molecule has 8 heteroatoms. The highest BCUT2D eigenvalue weighted by Crippen LogP contribution is 2.30. The number of halogens is 2. The molecule has 1 fully saturated rings. The molecule has 1 heterocycles. The van der Waals surface area contributed by atoms with Crippen molar-refractivity contribution >= 4 is 5.91 Å². The van der Waals surface area contributed by atoms with Gasteiger partial charge in [0.15, 0.2) is 11.5 Å². The zero-order valence-electron chi connectivity index (χ0n) is 14.6. The third kappa shape index (κ3) is 6.13. The van der Waals surface area contributed by atoms with Crippen molar-refractivity contribution in [3.05, 3.63) is 23.8 Å². The van der Waals surface area contributed by atoms with Crippen molar-refractivity contribution in [3.8, 4) is 11.5 Å². The Morgan fingerprint density at radius 3 is 2.68 bits per heavy atom. The van der Waals surface area contributed by atoms with Gasteiger partial charge < -0.3 is 19.7 Å². The first kappa shape index (κ1) is 19.4. The SMILES string of the molecule is CCOc1cc(CN(C)CC(=O)N2CCNCC2)ccc1OC(F)F. The summed E-state index contributed by atoms with van der Waals surface area (Å²) in [7, 11) is 1.85. The van der Waals surface area contributed by atoms with Crippen LogP contribution in [0.25, 0.3) is 0 Å². The van der Waals surface area contributed by atoms with Crippen molar-refractivity contribution in [2.24, 2.45) is 0 Å². The van der Waals surface area contributed by atoms with Crippen molar-refractivity contribution < 1.29 is 23.0 Å². The molecule has 0 atom stereocenters. The second-order valence-electron chi connectivity index (χ2n) is 5.90. The Balaban J connectivity index is 1.95. The van der Waals surface area contributed by atoms with E-state index in [0.717, 1.165) is 31.7 Å². The highest BCUT2D eigenvalue weighted by atomic mass is 19.3. The number of nitrogens with one attached hydrogen (secondary N) is 1. The lowest BCUT2D eigenvalue weighted by molar-refractivity contribution is -0.132. The van der Waals surface area contributed by atoms with E-state index < -0.39 is 6.61 Å². The van der Waals surface area contributed by atoms with Gasteiger partial charge in [-0.15, -0.1) is 0 Å². The fourth-order valence-electron chi connectivity index (χ4n) is 2.73. The molecule has 1 aromatic rings. The molecule has 0 aliphatic carbocycles. The molecular formula is C17H25F2N3O3. The van der Waals surface area contributed by atoms with Crippen LogP contribution in [0.5, 0.6) is 11.5 Å². The Morgan fingerprint density at radius 2 is 2.04 bits per heavy atom. The number of carbonyl (C=O) groups excluding carboxylic acids is 1. The van der Waals surface area contributed by atoms with Crippen LogP contribution in [0.2, 0.25) is 0 Å². The number of benzene rings is 1. The molecule has 0 aromatic heterocycles. The molecule has 0 bridgehead atoms. The number of likely N-dealkylation sites (N-methyl/N-ethyl adjacent to an activating group) is 1. The first-order valence-corrected chi connectivity index (χ1v) is 8.37. The summed E-state index contributed by atoms with van der Waals surface area (Å²) in [4.78, 5) is 16.0. The van der Waals surface area contributed by atoms with E-state index in [2.05, 4.69) is 10.1 Å². The van der Waals surface area contributed by atoms with E-state index in [1.54, 1.807) is 19.1 Å². The molecule has 25 heavy (non-hydrogen) atoms. The average Bonchev–Trinajstić information content (AvgIpc) is 2.57. The van der Waals surface area contributed by atoms with Gasteiger partial charge in [-0.1, -0.05) is 6.07 Å². The zero-order chi connectivity index (χ0) is 18.2. The largest absolute Gasteiger partial charge is 0.490 e. The minimum absolute atomic E-state index is 0.0140. The van der Waals surface area contributed by atoms with Gasteiger partial charge >= 0.3 is 6.61 Å². The van der Waals surface area contributed by atoms with Crippen LogP contribution in [0, 0.1) is 0 Å². The van der Waals surface area contributed by atoms with Crippen molar-refractivity contribution in [1.29, 1.82) is 0 Å². The lowest BCUT2D eigenvalue weighted by Crippen LogP contribution is -2.49. The summed E-state index contributed by atoms with van der Waals surface area (Å²) in [6, 6.07) is 4.84. The smallest absolute Gasteiger partial charge is 0.387 e. The molecule has 6 nitrogen and oxygen atoms in total. The number of carbonyl (C=O) groups is 1. The van der Waals surface area contributed by atoms with Crippen molar-refractivity contribution in [3.63, 3.8) is 0 Å². The number of alkyl halides is 2. The summed E-state index contributed by atoms with van der Waals surface area (Å²) in [5.74, 6) is 0.383. The van der Waals surface area contributed by atoms with Gasteiger partial charge in [0.1, 0.15) is 0 Å². The molecule has 1 amide bonds. The quantitative estimate of drug-likeness (QED) is 0.765. The number of amides is 1. The number of hydrogen-bond acceptors (Lipinski definition) is 5. The Kier molecular flexibility index (Phi) is 7.39. The lowest BCUT2D eigenvalue weighted by atomic mass is 10.2. The highest BCUT2D eigenvalue weighted by molar-refractivity contribution is 5.78. The maximum Gasteiger partial charge on any atom is 0.387 e. The molecule has 1 N–H and O–H groups in total. The minimum Gasteiger partial charge on any atom is -0.490 e. The first-order chi connectivity index (χ1) is 12.0. The van der Waals surface area contributed by atoms with Crippen LogP contribution in [0.3, 0.4) is 0 Å². The summed E-state index contributed by atoms with van der Waals surface area (Å²) < 4.78 is 34.7. The van der Waals surface area contributed by atoms with Crippen LogP contribution in [0.15, 0.2) is 18.2 Å². The molecular weight excluding hydrogens is 332 g/mol. The summed E-state index contributed by atoms with van der Waals surface area (Å²) in [5.41, 5.74) is 0.862. The fraction of sp³-hybridized carbons (Fsp3) is 0.588. The maximum absolute atomic E-state index is 12.4. The number of rotatable bonds is 8. The van der Waals surface area contributed by atoms with Gasteiger partial charge in [0.05, 0.1) is 13.2 Å². The predicted molar refractivity (Wildman–Crippen MR) is 90.0 cm³/mol. The molecule has 1 aromatic carbocycles. The third-order valence-corrected chi connectivity index (χ3v) is 3.85. The maximum atomic E-state index is 12.4. The zero-order valence-corrected chi connectivity index (χ0v) is 14.6. The van der Waals surface area contributed by atoms with Gasteiger partial charge in [-0.3, -0.25) is 9.69 Å². The van der Waals surface area contributed by atoms with Gasteiger partial charge in [0.25, 0.3) is 0 Å². The van der Waals surface area contributed by atoms with Crippen molar-refractivity contribution in [2.75, 3.05) is 46.4 Å². The van der Waals surface area contributed by atoms with Crippen LogP contribution >= 0.6 is 0 Å². The standard InChI is InChI=1S/C17H25F2N3O3/c1-3-24-15-10-13(4-5-14(15)25-17(18)19)11-21(2)12-16(23)22-8-6-20-7-9-22/h4-5,10,17,20H,3,6-9,11-12H2,1-2H3. The summed E-state index contributed by atoms with van der Waals surface area (Å²) >= 11 is 0. The molecule has 2 rings (SSSR count). The van der Waals surface area contributed by atoms with Gasteiger partial charge in [-0.05, 0) is 31.7 Å². The van der Waals surface area contributed by atoms with Crippen LogP contribution in [0.4, 0.5) is 8.78 Å². The minimum atomic E-state index is -2.90. The number of ether oxygens (including phenoxy) is 2. The second kappa shape index (κ2) is 9.53. The molecule has 0 saturated carbocycles. The van der Waals surface area contributed by atoms with Gasteiger partial charge in [-0.25, -0.2) is 0 Å². The fourth-order valence-corrected chi connectivity index (χ4v) is 2.73. The predicted octanol–water partition coefficient (Wildman–Crippen LogP) is 1.55. The van der Waals surface area contributed by atoms with Crippen LogP contribution in [-0.4, -0.2) is 68.7 Å². The van der Waals surface area contributed by atoms with E-state index in [9.17, 15) is 13.6 Å². The number of hydrogen-bond donors (Lipinski definition) is 1. The molecule has 0 spiro atoms. The van der Waals surface area contributed by atoms with E-state index in [1.165, 1.54) is 6.07 Å². The summed E-state index contributed by atoms with van der Waals surface area (Å²) in [6.07, 6.45) is 0. The Morgan fingerprint density at radius 1 is 1.32 bits per heavy atom. The van der Waals surface area contributed by atoms with Gasteiger partial charge in [0, 0.05) is 32.7 Å². The van der Waals surface area contributed by atoms with E-state index in [1.807, 2.05) is 16.8 Å². The van der Waals surface area contributed by atoms with Crippen molar-refractivity contribution in [2.45, 2.75) is 20.1 Å². The lowest BCUT2D eigenvalue weighted by Gasteiger charge is -2.29. The molecule has 0 radical (unpaired) electrons. The first-order valence-electron chi connectivity index (χ1n) is 8.37. The normalized spacial score (nSPS) is 14.9. The van der Waals surface area contributed by atoms with E-state index in [4.69, 9.17) is 4.74 Å². The summed E-state index contributed by atoms with van der Waals surface area (Å²) in [5, 5.41) is 3.21. The van der Waals surface area contributed by atoms with E-state index in [-0.39, 0.29) is 17.4 Å². The van der Waals surface area contributed by atoms with Gasteiger partial charge in [-0.2, -0.15) is 8.78 Å². The van der Waals surface area contributed by atoms with Crippen LogP contribution in [-0.2, 0) is 11.3 Å². The molecule has 1 saturated heterocycles. The average molecular weight is 357 g/mol. The summed E-state index contributed by atoms with van der Waals surface area (Å²) in [6.45, 7) is 3.12. The second-order valence-corrected chi connectivity index (χ2v) is 5.90. The topological polar surface area (TPSA) is 54.0 Å². The van der Waals surface area contributed by atoms with Gasteiger partial charge in [0.2, 0.25) is 5.91 Å². The Bertz CT molecular complexity index is 566. The van der Waals surface area contributed by atoms with Crippen LogP contribution < -0.4 is 14.8 Å². The third-order valence-electron chi connectivity index (χ3n) is 3.85. The molecule has 0 unspecified atom stereocenters. The monoisotopic (exact) mass is 357 g/mol.